The van der Waals surface area contributed by atoms with Crippen molar-refractivity contribution in [3.8, 4) is 5.75 Å². The maximum atomic E-state index is 12.7. The normalized spacial score (nSPS) is 18.0. The Morgan fingerprint density at radius 1 is 1.33 bits per heavy atom. The zero-order valence-corrected chi connectivity index (χ0v) is 14.4. The average molecular weight is 327 g/mol. The molecule has 0 bridgehead atoms. The van der Waals surface area contributed by atoms with E-state index in [-0.39, 0.29) is 11.9 Å². The molecule has 128 valence electrons. The molecule has 0 aliphatic carbocycles. The number of carbonyl (C=O) groups is 1. The molecule has 1 atom stereocenters. The maximum Gasteiger partial charge on any atom is 0.257 e. The number of aromatic nitrogens is 2. The highest BCUT2D eigenvalue weighted by Gasteiger charge is 2.25. The van der Waals surface area contributed by atoms with Gasteiger partial charge in [-0.05, 0) is 38.8 Å². The zero-order valence-electron chi connectivity index (χ0n) is 14.4. The van der Waals surface area contributed by atoms with Crippen LogP contribution in [0.5, 0.6) is 5.75 Å². The first-order chi connectivity index (χ1) is 11.6. The van der Waals surface area contributed by atoms with Gasteiger partial charge in [0.15, 0.2) is 0 Å². The number of likely N-dealkylation sites (tertiary alicyclic amines) is 1. The van der Waals surface area contributed by atoms with Gasteiger partial charge in [0.25, 0.3) is 5.91 Å². The van der Waals surface area contributed by atoms with E-state index in [0.29, 0.717) is 18.1 Å². The van der Waals surface area contributed by atoms with E-state index in [0.717, 1.165) is 31.7 Å². The lowest BCUT2D eigenvalue weighted by atomic mass is 9.98. The molecule has 1 saturated heterocycles. The molecule has 0 unspecified atom stereocenters. The Kier molecular flexibility index (Phi) is 5.18. The van der Waals surface area contributed by atoms with Crippen LogP contribution in [-0.2, 0) is 0 Å². The summed E-state index contributed by atoms with van der Waals surface area (Å²) in [7, 11) is 0. The van der Waals surface area contributed by atoms with Crippen molar-refractivity contribution in [1.82, 2.24) is 14.7 Å². The van der Waals surface area contributed by atoms with E-state index in [9.17, 15) is 4.79 Å². The molecule has 1 aromatic carbocycles. The lowest BCUT2D eigenvalue weighted by Gasteiger charge is -2.32. The van der Waals surface area contributed by atoms with Crippen molar-refractivity contribution < 1.29 is 9.53 Å². The van der Waals surface area contributed by atoms with Gasteiger partial charge in [0.05, 0.1) is 18.4 Å². The summed E-state index contributed by atoms with van der Waals surface area (Å²) < 4.78 is 7.69. The van der Waals surface area contributed by atoms with Crippen LogP contribution in [0.1, 0.15) is 43.1 Å². The fourth-order valence-electron chi connectivity index (χ4n) is 3.03. The molecule has 1 aliphatic rings. The standard InChI is InChI=1S/C19H25N3O2/c1-15(2)22-13-17(11-20-22)19(23)21-10-6-7-16(12-21)14-24-18-8-4-3-5-9-18/h3-5,8-9,11,13,15-16H,6-7,10,12,14H2,1-2H3/t16-/m1/s1. The molecule has 0 N–H and O–H groups in total. The Bertz CT molecular complexity index is 666. The SMILES string of the molecule is CC(C)n1cc(C(=O)N2CCC[C@@H](COc3ccccc3)C2)cn1. The van der Waals surface area contributed by atoms with Crippen LogP contribution in [0.3, 0.4) is 0 Å². The molecule has 2 aromatic rings. The Labute approximate surface area is 143 Å². The second-order valence-corrected chi connectivity index (χ2v) is 6.69. The fraction of sp³-hybridized carbons (Fsp3) is 0.474. The number of ether oxygens (including phenoxy) is 1. The monoisotopic (exact) mass is 327 g/mol. The van der Waals surface area contributed by atoms with Crippen LogP contribution >= 0.6 is 0 Å². The number of hydrogen-bond donors (Lipinski definition) is 0. The van der Waals surface area contributed by atoms with Crippen LogP contribution in [-0.4, -0.2) is 40.3 Å². The van der Waals surface area contributed by atoms with E-state index in [1.165, 1.54) is 0 Å². The number of benzene rings is 1. The summed E-state index contributed by atoms with van der Waals surface area (Å²) in [5, 5.41) is 4.27. The van der Waals surface area contributed by atoms with Crippen molar-refractivity contribution in [2.75, 3.05) is 19.7 Å². The quantitative estimate of drug-likeness (QED) is 0.845. The van der Waals surface area contributed by atoms with E-state index in [4.69, 9.17) is 4.74 Å². The van der Waals surface area contributed by atoms with Gasteiger partial charge in [0, 0.05) is 31.2 Å². The highest BCUT2D eigenvalue weighted by atomic mass is 16.5. The van der Waals surface area contributed by atoms with Gasteiger partial charge in [-0.2, -0.15) is 5.10 Å². The lowest BCUT2D eigenvalue weighted by molar-refractivity contribution is 0.0633. The summed E-state index contributed by atoms with van der Waals surface area (Å²) in [4.78, 5) is 14.6. The summed E-state index contributed by atoms with van der Waals surface area (Å²) >= 11 is 0. The molecule has 0 saturated carbocycles. The highest BCUT2D eigenvalue weighted by Crippen LogP contribution is 2.20. The molecule has 3 rings (SSSR count). The zero-order chi connectivity index (χ0) is 16.9. The number of piperidine rings is 1. The van der Waals surface area contributed by atoms with Crippen molar-refractivity contribution in [3.63, 3.8) is 0 Å². The molecule has 1 fully saturated rings. The smallest absolute Gasteiger partial charge is 0.257 e. The summed E-state index contributed by atoms with van der Waals surface area (Å²) in [6, 6.07) is 10.1. The topological polar surface area (TPSA) is 47.4 Å². The van der Waals surface area contributed by atoms with E-state index in [1.807, 2.05) is 46.1 Å². The molecular formula is C19H25N3O2. The van der Waals surface area contributed by atoms with Crippen LogP contribution in [0.4, 0.5) is 0 Å². The van der Waals surface area contributed by atoms with Gasteiger partial charge >= 0.3 is 0 Å². The summed E-state index contributed by atoms with van der Waals surface area (Å²) in [6.07, 6.45) is 5.64. The number of carbonyl (C=O) groups excluding carboxylic acids is 1. The van der Waals surface area contributed by atoms with Gasteiger partial charge in [-0.3, -0.25) is 9.48 Å². The molecule has 24 heavy (non-hydrogen) atoms. The fourth-order valence-corrected chi connectivity index (χ4v) is 3.03. The van der Waals surface area contributed by atoms with Crippen molar-refractivity contribution in [1.29, 1.82) is 0 Å². The van der Waals surface area contributed by atoms with Crippen molar-refractivity contribution >= 4 is 5.91 Å². The Morgan fingerprint density at radius 2 is 2.12 bits per heavy atom. The van der Waals surface area contributed by atoms with Gasteiger partial charge in [-0.25, -0.2) is 0 Å². The predicted molar refractivity (Wildman–Crippen MR) is 93.2 cm³/mol. The van der Waals surface area contributed by atoms with Crippen molar-refractivity contribution in [3.05, 3.63) is 48.3 Å². The highest BCUT2D eigenvalue weighted by molar-refractivity contribution is 5.93. The van der Waals surface area contributed by atoms with E-state index in [1.54, 1.807) is 6.20 Å². The van der Waals surface area contributed by atoms with Crippen LogP contribution in [0.2, 0.25) is 0 Å². The Hall–Kier alpha value is -2.30. The predicted octanol–water partition coefficient (Wildman–Crippen LogP) is 3.40. The Morgan fingerprint density at radius 3 is 2.83 bits per heavy atom. The molecule has 1 amide bonds. The first-order valence-electron chi connectivity index (χ1n) is 8.65. The minimum atomic E-state index is 0.0753. The average Bonchev–Trinajstić information content (AvgIpc) is 3.11. The number of hydrogen-bond acceptors (Lipinski definition) is 3. The third-order valence-corrected chi connectivity index (χ3v) is 4.41. The number of rotatable bonds is 5. The maximum absolute atomic E-state index is 12.7. The lowest BCUT2D eigenvalue weighted by Crippen LogP contribution is -2.41. The van der Waals surface area contributed by atoms with Crippen LogP contribution in [0.25, 0.3) is 0 Å². The minimum Gasteiger partial charge on any atom is -0.493 e. The third-order valence-electron chi connectivity index (χ3n) is 4.41. The van der Waals surface area contributed by atoms with E-state index < -0.39 is 0 Å². The molecule has 0 spiro atoms. The minimum absolute atomic E-state index is 0.0753. The first-order valence-corrected chi connectivity index (χ1v) is 8.65. The van der Waals surface area contributed by atoms with Gasteiger partial charge in [-0.1, -0.05) is 18.2 Å². The summed E-state index contributed by atoms with van der Waals surface area (Å²) in [6.45, 7) is 6.32. The molecular weight excluding hydrogens is 302 g/mol. The van der Waals surface area contributed by atoms with E-state index in [2.05, 4.69) is 18.9 Å². The van der Waals surface area contributed by atoms with Crippen LogP contribution < -0.4 is 4.74 Å². The number of para-hydroxylation sites is 1. The molecule has 1 aromatic heterocycles. The number of nitrogens with zero attached hydrogens (tertiary/aromatic N) is 3. The summed E-state index contributed by atoms with van der Waals surface area (Å²) in [5.74, 6) is 1.34. The van der Waals surface area contributed by atoms with Crippen molar-refractivity contribution in [2.24, 2.45) is 5.92 Å². The third kappa shape index (κ3) is 3.96. The van der Waals surface area contributed by atoms with Gasteiger partial charge in [0.2, 0.25) is 0 Å². The first kappa shape index (κ1) is 16.6. The van der Waals surface area contributed by atoms with Crippen molar-refractivity contribution in [2.45, 2.75) is 32.7 Å². The van der Waals surface area contributed by atoms with Crippen LogP contribution in [0.15, 0.2) is 42.7 Å². The molecule has 0 radical (unpaired) electrons. The molecule has 1 aliphatic heterocycles. The second-order valence-electron chi connectivity index (χ2n) is 6.69. The molecule has 2 heterocycles. The van der Waals surface area contributed by atoms with Crippen LogP contribution in [0, 0.1) is 5.92 Å². The summed E-state index contributed by atoms with van der Waals surface area (Å²) in [5.41, 5.74) is 0.674. The van der Waals surface area contributed by atoms with Gasteiger partial charge in [-0.15, -0.1) is 0 Å². The Balaban J connectivity index is 1.57. The largest absolute Gasteiger partial charge is 0.493 e. The van der Waals surface area contributed by atoms with E-state index >= 15 is 0 Å². The van der Waals surface area contributed by atoms with Gasteiger partial charge < -0.3 is 9.64 Å². The molecule has 5 nitrogen and oxygen atoms in total. The van der Waals surface area contributed by atoms with Gasteiger partial charge in [0.1, 0.15) is 5.75 Å². The number of amides is 1. The second kappa shape index (κ2) is 7.51. The molecule has 5 heteroatoms.